The Morgan fingerprint density at radius 1 is 1.03 bits per heavy atom. The van der Waals surface area contributed by atoms with E-state index < -0.39 is 5.41 Å². The van der Waals surface area contributed by atoms with Gasteiger partial charge in [-0.15, -0.1) is 0 Å². The summed E-state index contributed by atoms with van der Waals surface area (Å²) >= 11 is 0. The van der Waals surface area contributed by atoms with Crippen molar-refractivity contribution in [3.8, 4) is 0 Å². The zero-order valence-electron chi connectivity index (χ0n) is 18.0. The molecule has 2 nitrogen and oxygen atoms in total. The molecule has 4 saturated carbocycles. The maximum absolute atomic E-state index is 13.4. The Bertz CT molecular complexity index is 1130. The molecule has 4 fully saturated rings. The number of allylic oxidation sites excluding steroid dienone is 4. The lowest BCUT2D eigenvalue weighted by Gasteiger charge is -2.57. The largest absolute Gasteiger partial charge is 0.490 e. The molecular weight excluding hydrogens is 368 g/mol. The van der Waals surface area contributed by atoms with Gasteiger partial charge < -0.3 is 4.74 Å². The Labute approximate surface area is 178 Å². The molecule has 0 aliphatic heterocycles. The van der Waals surface area contributed by atoms with Crippen LogP contribution in [0.25, 0.3) is 11.6 Å². The van der Waals surface area contributed by atoms with Gasteiger partial charge >= 0.3 is 0 Å². The average Bonchev–Trinajstić information content (AvgIpc) is 3.07. The van der Waals surface area contributed by atoms with Gasteiger partial charge in [0.05, 0.1) is 0 Å². The van der Waals surface area contributed by atoms with Crippen LogP contribution in [0.5, 0.6) is 0 Å². The van der Waals surface area contributed by atoms with Crippen LogP contribution in [0, 0.1) is 23.2 Å². The third kappa shape index (κ3) is 2.52. The van der Waals surface area contributed by atoms with Gasteiger partial charge in [-0.3, -0.25) is 4.79 Å². The first kappa shape index (κ1) is 18.4. The highest BCUT2D eigenvalue weighted by Crippen LogP contribution is 2.59. The summed E-state index contributed by atoms with van der Waals surface area (Å²) in [5.41, 5.74) is 2.01. The van der Waals surface area contributed by atoms with Gasteiger partial charge in [-0.25, -0.2) is 0 Å². The molecule has 1 atom stereocenters. The number of hydrogen-bond donors (Lipinski definition) is 0. The van der Waals surface area contributed by atoms with Crippen molar-refractivity contribution in [2.24, 2.45) is 23.2 Å². The quantitative estimate of drug-likeness (QED) is 0.694. The van der Waals surface area contributed by atoms with Crippen LogP contribution in [0.3, 0.4) is 0 Å². The van der Waals surface area contributed by atoms with Crippen LogP contribution in [0.2, 0.25) is 0 Å². The van der Waals surface area contributed by atoms with Crippen LogP contribution >= 0.6 is 0 Å². The monoisotopic (exact) mass is 398 g/mol. The van der Waals surface area contributed by atoms with E-state index in [-0.39, 0.29) is 11.4 Å². The van der Waals surface area contributed by atoms with Gasteiger partial charge in [0.2, 0.25) is 0 Å². The van der Waals surface area contributed by atoms with Gasteiger partial charge in [-0.2, -0.15) is 0 Å². The van der Waals surface area contributed by atoms with E-state index in [0.717, 1.165) is 48.3 Å². The van der Waals surface area contributed by atoms with Gasteiger partial charge in [0.15, 0.2) is 5.78 Å². The van der Waals surface area contributed by atoms with Gasteiger partial charge in [0, 0.05) is 5.57 Å². The minimum atomic E-state index is -0.785. The van der Waals surface area contributed by atoms with Crippen LogP contribution in [0.1, 0.15) is 52.4 Å². The minimum absolute atomic E-state index is 0.0642. The Morgan fingerprint density at radius 2 is 1.67 bits per heavy atom. The van der Waals surface area contributed by atoms with Crippen molar-refractivity contribution in [1.29, 1.82) is 0 Å². The maximum atomic E-state index is 13.4. The molecule has 7 rings (SSSR count). The highest BCUT2D eigenvalue weighted by atomic mass is 16.5. The summed E-state index contributed by atoms with van der Waals surface area (Å²) in [7, 11) is 0. The summed E-state index contributed by atoms with van der Waals surface area (Å²) in [6, 6.07) is 8.49. The van der Waals surface area contributed by atoms with Gasteiger partial charge in [0.25, 0.3) is 0 Å². The van der Waals surface area contributed by atoms with Crippen molar-refractivity contribution < 1.29 is 9.53 Å². The highest BCUT2D eigenvalue weighted by molar-refractivity contribution is 6.05. The fourth-order valence-corrected chi connectivity index (χ4v) is 7.38. The van der Waals surface area contributed by atoms with Crippen LogP contribution < -0.4 is 10.4 Å². The fourth-order valence-electron chi connectivity index (χ4n) is 7.38. The van der Waals surface area contributed by atoms with E-state index in [0.29, 0.717) is 5.57 Å². The van der Waals surface area contributed by atoms with Crippen molar-refractivity contribution in [3.63, 3.8) is 0 Å². The summed E-state index contributed by atoms with van der Waals surface area (Å²) in [4.78, 5) is 13.4. The molecule has 0 aromatic heterocycles. The number of hydrogen-bond acceptors (Lipinski definition) is 2. The number of rotatable bonds is 4. The molecule has 6 aliphatic rings. The number of Topliss-reactive ketones (excluding diaryl/α,β-unsaturated/α-hetero) is 1. The van der Waals surface area contributed by atoms with Crippen molar-refractivity contribution >= 4 is 17.4 Å². The number of benzene rings is 1. The Hall–Kier alpha value is -2.35. The van der Waals surface area contributed by atoms with Gasteiger partial charge in [0.1, 0.15) is 16.8 Å². The number of fused-ring (bicyclic) bond motifs is 2. The first-order chi connectivity index (χ1) is 14.4. The Balaban J connectivity index is 1.52. The molecule has 0 saturated heterocycles. The molecule has 0 heterocycles. The normalized spacial score (nSPS) is 37.7. The predicted molar refractivity (Wildman–Crippen MR) is 120 cm³/mol. The summed E-state index contributed by atoms with van der Waals surface area (Å²) < 4.78 is 7.14. The zero-order valence-corrected chi connectivity index (χ0v) is 18.0. The molecule has 0 N–H and O–H groups in total. The second-order valence-corrected chi connectivity index (χ2v) is 10.7. The standard InChI is InChI=1S/C28H30O2/c1-17(2)25(29)27(3)9-8-23-22-7-5-4-6-21(22)13-24(23)26(27)30-28-14-18-10-19(15-28)12-20(11-18)16-28/h4-9,13,18-20H,1,10-12,14-16H2,2-3H3. The third-order valence-corrected chi connectivity index (χ3v) is 8.30. The van der Waals surface area contributed by atoms with Gasteiger partial charge in [-0.1, -0.05) is 43.0 Å². The highest BCUT2D eigenvalue weighted by Gasteiger charge is 2.54. The number of carbonyl (C=O) groups is 1. The minimum Gasteiger partial charge on any atom is -0.490 e. The molecule has 1 aromatic carbocycles. The van der Waals surface area contributed by atoms with E-state index in [1.54, 1.807) is 0 Å². The first-order valence-electron chi connectivity index (χ1n) is 11.5. The van der Waals surface area contributed by atoms with Crippen LogP contribution in [-0.4, -0.2) is 11.4 Å². The first-order valence-corrected chi connectivity index (χ1v) is 11.5. The van der Waals surface area contributed by atoms with E-state index >= 15 is 0 Å². The second-order valence-electron chi connectivity index (χ2n) is 10.7. The van der Waals surface area contributed by atoms with E-state index in [9.17, 15) is 4.79 Å². The maximum Gasteiger partial charge on any atom is 0.175 e. The Morgan fingerprint density at radius 3 is 2.30 bits per heavy atom. The summed E-state index contributed by atoms with van der Waals surface area (Å²) in [5.74, 6) is 3.34. The van der Waals surface area contributed by atoms with E-state index in [4.69, 9.17) is 4.74 Å². The molecule has 154 valence electrons. The van der Waals surface area contributed by atoms with Crippen molar-refractivity contribution in [2.45, 2.75) is 58.0 Å². The third-order valence-electron chi connectivity index (χ3n) is 8.30. The second kappa shape index (κ2) is 6.09. The van der Waals surface area contributed by atoms with Crippen LogP contribution in [0.4, 0.5) is 0 Å². The molecule has 0 amide bonds. The smallest absolute Gasteiger partial charge is 0.175 e. The van der Waals surface area contributed by atoms with Crippen molar-refractivity contribution in [1.82, 2.24) is 0 Å². The zero-order chi connectivity index (χ0) is 20.7. The van der Waals surface area contributed by atoms with Gasteiger partial charge in [-0.05, 0) is 97.8 Å². The summed E-state index contributed by atoms with van der Waals surface area (Å²) in [6.07, 6.45) is 14.0. The van der Waals surface area contributed by atoms with Crippen molar-refractivity contribution in [3.05, 3.63) is 70.3 Å². The van der Waals surface area contributed by atoms with Crippen molar-refractivity contribution in [2.75, 3.05) is 0 Å². The van der Waals surface area contributed by atoms with Crippen LogP contribution in [-0.2, 0) is 9.53 Å². The Kier molecular flexibility index (Phi) is 3.74. The molecule has 1 unspecified atom stereocenters. The van der Waals surface area contributed by atoms with Crippen LogP contribution in [0.15, 0.2) is 59.9 Å². The molecule has 0 radical (unpaired) electrons. The number of carbonyl (C=O) groups excluding carboxylic acids is 1. The molecular formula is C28H30O2. The molecule has 4 bridgehead atoms. The average molecular weight is 399 g/mol. The van der Waals surface area contributed by atoms with E-state index in [2.05, 4.69) is 49.1 Å². The topological polar surface area (TPSA) is 26.3 Å². The molecule has 2 heteroatoms. The van der Waals surface area contributed by atoms with E-state index in [1.165, 1.54) is 35.3 Å². The molecule has 30 heavy (non-hydrogen) atoms. The lowest BCUT2D eigenvalue weighted by molar-refractivity contribution is -0.151. The SMILES string of the molecule is C=C(C)C(=O)C1(C)C=CC2=c3ccccc3=CC2=C1OC12CC3CC(CC(C3)C1)C2. The van der Waals surface area contributed by atoms with E-state index in [1.807, 2.05) is 13.8 Å². The number of ketones is 1. The number of ether oxygens (including phenoxy) is 1. The molecule has 6 aliphatic carbocycles. The predicted octanol–water partition coefficient (Wildman–Crippen LogP) is 4.59. The molecule has 0 spiro atoms. The lowest BCUT2D eigenvalue weighted by Crippen LogP contribution is -2.53. The molecule has 1 aromatic rings. The summed E-state index contributed by atoms with van der Waals surface area (Å²) in [6.45, 7) is 7.83. The fraction of sp³-hybridized carbons (Fsp3) is 0.464. The lowest BCUT2D eigenvalue weighted by atomic mass is 9.54. The summed E-state index contributed by atoms with van der Waals surface area (Å²) in [5, 5.41) is 2.45.